The van der Waals surface area contributed by atoms with E-state index < -0.39 is 18.0 Å². The maximum absolute atomic E-state index is 12.6. The van der Waals surface area contributed by atoms with E-state index >= 15 is 0 Å². The standard InChI is InChI=1S/C28H23BrN2O4/c1-18-8-3-5-11-23(18)28(33)35-25-15-14-22(29)16-21(25)17-30-31-27(32)19(2)34-26-13-7-10-20-9-4-6-12-24(20)26/h3-17,19H,1-2H3,(H,31,32)/b30-17+. The highest BCUT2D eigenvalue weighted by Gasteiger charge is 2.16. The van der Waals surface area contributed by atoms with E-state index in [0.717, 1.165) is 20.8 Å². The average Bonchev–Trinajstić information content (AvgIpc) is 2.86. The fourth-order valence-corrected chi connectivity index (χ4v) is 3.85. The average molecular weight is 531 g/mol. The number of amides is 1. The molecular formula is C28H23BrN2O4. The normalized spacial score (nSPS) is 11.9. The molecule has 0 aliphatic rings. The molecule has 1 unspecified atom stereocenters. The first-order valence-corrected chi connectivity index (χ1v) is 11.8. The van der Waals surface area contributed by atoms with Crippen LogP contribution in [0.15, 0.2) is 94.5 Å². The maximum atomic E-state index is 12.6. The lowest BCUT2D eigenvalue weighted by Crippen LogP contribution is -2.33. The molecule has 0 bridgehead atoms. The molecule has 0 heterocycles. The molecule has 4 rings (SSSR count). The van der Waals surface area contributed by atoms with Crippen molar-refractivity contribution in [1.82, 2.24) is 5.43 Å². The van der Waals surface area contributed by atoms with E-state index in [2.05, 4.69) is 26.5 Å². The number of ether oxygens (including phenoxy) is 2. The number of carbonyl (C=O) groups is 2. The number of benzene rings is 4. The van der Waals surface area contributed by atoms with Crippen molar-refractivity contribution < 1.29 is 19.1 Å². The number of nitrogens with one attached hydrogen (secondary N) is 1. The van der Waals surface area contributed by atoms with E-state index in [4.69, 9.17) is 9.47 Å². The van der Waals surface area contributed by atoms with E-state index in [9.17, 15) is 9.59 Å². The molecule has 6 nitrogen and oxygen atoms in total. The molecule has 0 fully saturated rings. The number of hydrogen-bond acceptors (Lipinski definition) is 5. The van der Waals surface area contributed by atoms with Gasteiger partial charge in [0.2, 0.25) is 0 Å². The summed E-state index contributed by atoms with van der Waals surface area (Å²) in [7, 11) is 0. The smallest absolute Gasteiger partial charge is 0.343 e. The molecule has 0 radical (unpaired) electrons. The van der Waals surface area contributed by atoms with Crippen molar-refractivity contribution in [3.8, 4) is 11.5 Å². The van der Waals surface area contributed by atoms with E-state index in [-0.39, 0.29) is 0 Å². The Balaban J connectivity index is 1.44. The fourth-order valence-electron chi connectivity index (χ4n) is 3.47. The molecule has 1 atom stereocenters. The van der Waals surface area contributed by atoms with Gasteiger partial charge in [-0.25, -0.2) is 10.2 Å². The van der Waals surface area contributed by atoms with E-state index in [0.29, 0.717) is 22.6 Å². The predicted molar refractivity (Wildman–Crippen MR) is 140 cm³/mol. The van der Waals surface area contributed by atoms with Crippen molar-refractivity contribution in [3.05, 3.63) is 106 Å². The monoisotopic (exact) mass is 530 g/mol. The lowest BCUT2D eigenvalue weighted by Gasteiger charge is -2.15. The van der Waals surface area contributed by atoms with E-state index in [1.165, 1.54) is 6.21 Å². The predicted octanol–water partition coefficient (Wildman–Crippen LogP) is 6.05. The van der Waals surface area contributed by atoms with Crippen LogP contribution in [0.3, 0.4) is 0 Å². The first-order valence-electron chi connectivity index (χ1n) is 11.0. The summed E-state index contributed by atoms with van der Waals surface area (Å²) in [5.74, 6) is 0.0514. The zero-order valence-electron chi connectivity index (χ0n) is 19.2. The summed E-state index contributed by atoms with van der Waals surface area (Å²) in [5, 5.41) is 6.00. The Morgan fingerprint density at radius 1 is 0.943 bits per heavy atom. The number of esters is 1. The highest BCUT2D eigenvalue weighted by Crippen LogP contribution is 2.26. The number of hydrogen-bond donors (Lipinski definition) is 1. The number of hydrazone groups is 1. The van der Waals surface area contributed by atoms with Gasteiger partial charge in [-0.15, -0.1) is 0 Å². The number of halogens is 1. The van der Waals surface area contributed by atoms with E-state index in [1.807, 2.05) is 61.5 Å². The third-order valence-electron chi connectivity index (χ3n) is 5.34. The van der Waals surface area contributed by atoms with Crippen LogP contribution in [0.4, 0.5) is 0 Å². The summed E-state index contributed by atoms with van der Waals surface area (Å²) in [6.07, 6.45) is 0.645. The van der Waals surface area contributed by atoms with Crippen molar-refractivity contribution in [2.45, 2.75) is 20.0 Å². The Hall–Kier alpha value is -3.97. The van der Waals surface area contributed by atoms with Crippen LogP contribution in [0.2, 0.25) is 0 Å². The minimum atomic E-state index is -0.779. The number of fused-ring (bicyclic) bond motifs is 1. The molecule has 1 amide bonds. The first-order chi connectivity index (χ1) is 16.9. The molecule has 0 saturated carbocycles. The highest BCUT2D eigenvalue weighted by molar-refractivity contribution is 9.10. The van der Waals surface area contributed by atoms with Crippen molar-refractivity contribution in [2.24, 2.45) is 5.10 Å². The van der Waals surface area contributed by atoms with Crippen LogP contribution in [0.1, 0.15) is 28.4 Å². The minimum Gasteiger partial charge on any atom is -0.480 e. The van der Waals surface area contributed by atoms with Crippen molar-refractivity contribution in [2.75, 3.05) is 0 Å². The van der Waals surface area contributed by atoms with Crippen LogP contribution in [-0.4, -0.2) is 24.2 Å². The van der Waals surface area contributed by atoms with Gasteiger partial charge >= 0.3 is 5.97 Å². The fraction of sp³-hybridized carbons (Fsp3) is 0.107. The van der Waals surface area contributed by atoms with Gasteiger partial charge in [-0.1, -0.05) is 70.5 Å². The first kappa shape index (κ1) is 24.2. The van der Waals surface area contributed by atoms with Crippen LogP contribution in [-0.2, 0) is 4.79 Å². The molecule has 0 spiro atoms. The van der Waals surface area contributed by atoms with Gasteiger partial charge in [0.15, 0.2) is 6.10 Å². The summed E-state index contributed by atoms with van der Waals surface area (Å²) in [5.41, 5.74) is 4.30. The van der Waals surface area contributed by atoms with Gasteiger partial charge in [-0.3, -0.25) is 4.79 Å². The molecule has 1 N–H and O–H groups in total. The van der Waals surface area contributed by atoms with Gasteiger partial charge < -0.3 is 9.47 Å². The van der Waals surface area contributed by atoms with Crippen molar-refractivity contribution in [1.29, 1.82) is 0 Å². The molecule has 4 aromatic rings. The number of nitrogens with zero attached hydrogens (tertiary/aromatic N) is 1. The molecule has 0 aromatic heterocycles. The third kappa shape index (κ3) is 5.94. The van der Waals surface area contributed by atoms with Gasteiger partial charge in [0, 0.05) is 15.4 Å². The number of aryl methyl sites for hydroxylation is 1. The molecule has 176 valence electrons. The van der Waals surface area contributed by atoms with Gasteiger partial charge in [-0.2, -0.15) is 5.10 Å². The van der Waals surface area contributed by atoms with Crippen LogP contribution < -0.4 is 14.9 Å². The third-order valence-corrected chi connectivity index (χ3v) is 5.83. The SMILES string of the molecule is Cc1ccccc1C(=O)Oc1ccc(Br)cc1/C=N/NC(=O)C(C)Oc1cccc2ccccc12. The molecule has 35 heavy (non-hydrogen) atoms. The van der Waals surface area contributed by atoms with Crippen LogP contribution in [0, 0.1) is 6.92 Å². The quantitative estimate of drug-likeness (QED) is 0.136. The molecular weight excluding hydrogens is 508 g/mol. The van der Waals surface area contributed by atoms with Crippen molar-refractivity contribution in [3.63, 3.8) is 0 Å². The van der Waals surface area contributed by atoms with Gasteiger partial charge in [0.1, 0.15) is 11.5 Å². The highest BCUT2D eigenvalue weighted by atomic mass is 79.9. The Morgan fingerprint density at radius 3 is 2.51 bits per heavy atom. The largest absolute Gasteiger partial charge is 0.480 e. The Labute approximate surface area is 211 Å². The molecule has 0 aliphatic heterocycles. The Morgan fingerprint density at radius 2 is 1.69 bits per heavy atom. The summed E-state index contributed by atoms with van der Waals surface area (Å²) < 4.78 is 12.3. The second-order valence-electron chi connectivity index (χ2n) is 7.86. The summed E-state index contributed by atoms with van der Waals surface area (Å²) >= 11 is 3.41. The summed E-state index contributed by atoms with van der Waals surface area (Å²) in [6, 6.07) is 25.9. The van der Waals surface area contributed by atoms with E-state index in [1.54, 1.807) is 37.3 Å². The lowest BCUT2D eigenvalue weighted by molar-refractivity contribution is -0.127. The Bertz CT molecular complexity index is 1410. The summed E-state index contributed by atoms with van der Waals surface area (Å²) in [6.45, 7) is 3.50. The molecule has 4 aromatic carbocycles. The second-order valence-corrected chi connectivity index (χ2v) is 8.77. The Kier molecular flexibility index (Phi) is 7.57. The molecule has 0 saturated heterocycles. The number of carbonyl (C=O) groups excluding carboxylic acids is 2. The molecule has 0 aliphatic carbocycles. The van der Waals surface area contributed by atoms with Gasteiger partial charge in [0.05, 0.1) is 11.8 Å². The van der Waals surface area contributed by atoms with Crippen molar-refractivity contribution >= 4 is 44.8 Å². The maximum Gasteiger partial charge on any atom is 0.343 e. The zero-order valence-corrected chi connectivity index (χ0v) is 20.8. The van der Waals surface area contributed by atoms with Gasteiger partial charge in [-0.05, 0) is 55.1 Å². The number of rotatable bonds is 7. The van der Waals surface area contributed by atoms with Crippen LogP contribution in [0.5, 0.6) is 11.5 Å². The second kappa shape index (κ2) is 11.0. The van der Waals surface area contributed by atoms with Crippen LogP contribution in [0.25, 0.3) is 10.8 Å². The zero-order chi connectivity index (χ0) is 24.8. The summed E-state index contributed by atoms with van der Waals surface area (Å²) in [4.78, 5) is 25.2. The topological polar surface area (TPSA) is 77.0 Å². The van der Waals surface area contributed by atoms with Gasteiger partial charge in [0.25, 0.3) is 5.91 Å². The van der Waals surface area contributed by atoms with Crippen LogP contribution >= 0.6 is 15.9 Å². The molecule has 7 heteroatoms. The minimum absolute atomic E-state index is 0.319. The lowest BCUT2D eigenvalue weighted by atomic mass is 10.1.